The Morgan fingerprint density at radius 2 is 1.33 bits per heavy atom. The van der Waals surface area contributed by atoms with Gasteiger partial charge >= 0.3 is 0 Å². The normalized spacial score (nSPS) is 17.5. The molecule has 2 aliphatic rings. The molecule has 0 bridgehead atoms. The molecule has 0 aromatic heterocycles. The molecule has 6 heteroatoms. The fourth-order valence-corrected chi connectivity index (χ4v) is 4.32. The fraction of sp³-hybridized carbons (Fsp3) is 0.417. The maximum absolute atomic E-state index is 12.4. The molecular weight excluding hydrogens is 398 g/mol. The smallest absolute Gasteiger partial charge is 0.251 e. The first-order chi connectivity index (χ1) is 14.6. The molecule has 2 N–H and O–H groups in total. The lowest BCUT2D eigenvalue weighted by molar-refractivity contribution is 0.0927. The maximum Gasteiger partial charge on any atom is 0.251 e. The van der Waals surface area contributed by atoms with E-state index in [1.54, 1.807) is 24.3 Å². The first-order valence-corrected chi connectivity index (χ1v) is 11.1. The monoisotopic (exact) mass is 425 g/mol. The average Bonchev–Trinajstić information content (AvgIpc) is 3.36. The standard InChI is InChI=1S/C24H28ClN3O2/c25-21-9-5-19(6-10-21)23(30)27-14-13-26-22(29)18-3-7-20(8-4-18)24(11-12-24)17-28-15-1-2-16-28/h3-10H,1-2,11-17H2,(H,26,29)(H,27,30). The minimum Gasteiger partial charge on any atom is -0.350 e. The minimum atomic E-state index is -0.182. The molecule has 5 nitrogen and oxygen atoms in total. The number of nitrogens with one attached hydrogen (secondary N) is 2. The second kappa shape index (κ2) is 9.19. The van der Waals surface area contributed by atoms with E-state index in [9.17, 15) is 9.59 Å². The molecule has 1 saturated heterocycles. The van der Waals surface area contributed by atoms with Crippen molar-refractivity contribution in [1.29, 1.82) is 0 Å². The van der Waals surface area contributed by atoms with Gasteiger partial charge in [-0.3, -0.25) is 9.59 Å². The van der Waals surface area contributed by atoms with Gasteiger partial charge in [0.25, 0.3) is 11.8 Å². The molecule has 1 heterocycles. The first kappa shape index (κ1) is 20.9. The van der Waals surface area contributed by atoms with Crippen LogP contribution in [0.1, 0.15) is 52.0 Å². The minimum absolute atomic E-state index is 0.119. The molecule has 2 fully saturated rings. The third-order valence-corrected chi connectivity index (χ3v) is 6.39. The first-order valence-electron chi connectivity index (χ1n) is 10.7. The van der Waals surface area contributed by atoms with Crippen LogP contribution >= 0.6 is 11.6 Å². The Balaban J connectivity index is 1.23. The summed E-state index contributed by atoms with van der Waals surface area (Å²) < 4.78 is 0. The second-order valence-corrected chi connectivity index (χ2v) is 8.80. The van der Waals surface area contributed by atoms with Crippen LogP contribution in [0.4, 0.5) is 0 Å². The molecule has 4 rings (SSSR count). The van der Waals surface area contributed by atoms with E-state index in [2.05, 4.69) is 27.7 Å². The van der Waals surface area contributed by atoms with E-state index >= 15 is 0 Å². The summed E-state index contributed by atoms with van der Waals surface area (Å²) in [6.45, 7) is 4.32. The van der Waals surface area contributed by atoms with Crippen LogP contribution in [-0.2, 0) is 5.41 Å². The second-order valence-electron chi connectivity index (χ2n) is 8.36. The highest BCUT2D eigenvalue weighted by Crippen LogP contribution is 2.49. The van der Waals surface area contributed by atoms with Crippen molar-refractivity contribution < 1.29 is 9.59 Å². The van der Waals surface area contributed by atoms with Crippen LogP contribution in [0.3, 0.4) is 0 Å². The Kier molecular flexibility index (Phi) is 6.40. The highest BCUT2D eigenvalue weighted by atomic mass is 35.5. The molecule has 0 radical (unpaired) electrons. The highest BCUT2D eigenvalue weighted by Gasteiger charge is 2.45. The van der Waals surface area contributed by atoms with Gasteiger partial charge in [0, 0.05) is 41.2 Å². The van der Waals surface area contributed by atoms with Gasteiger partial charge < -0.3 is 15.5 Å². The SMILES string of the molecule is O=C(NCCNC(=O)c1ccc(C2(CN3CCCC3)CC2)cc1)c1ccc(Cl)cc1. The quantitative estimate of drug-likeness (QED) is 0.635. The van der Waals surface area contributed by atoms with Gasteiger partial charge in [-0.25, -0.2) is 0 Å². The van der Waals surface area contributed by atoms with Crippen molar-refractivity contribution in [3.05, 3.63) is 70.2 Å². The summed E-state index contributed by atoms with van der Waals surface area (Å²) >= 11 is 5.83. The van der Waals surface area contributed by atoms with E-state index in [0.29, 0.717) is 34.7 Å². The summed E-state index contributed by atoms with van der Waals surface area (Å²) in [4.78, 5) is 27.0. The van der Waals surface area contributed by atoms with Crippen LogP contribution in [0.15, 0.2) is 48.5 Å². The summed E-state index contributed by atoms with van der Waals surface area (Å²) in [6.07, 6.45) is 5.11. The topological polar surface area (TPSA) is 61.4 Å². The highest BCUT2D eigenvalue weighted by molar-refractivity contribution is 6.30. The molecule has 30 heavy (non-hydrogen) atoms. The summed E-state index contributed by atoms with van der Waals surface area (Å²) in [5.74, 6) is -0.301. The Bertz CT molecular complexity index is 886. The zero-order chi connectivity index (χ0) is 21.0. The van der Waals surface area contributed by atoms with Crippen molar-refractivity contribution >= 4 is 23.4 Å². The summed E-state index contributed by atoms with van der Waals surface area (Å²) in [5, 5.41) is 6.25. The molecule has 1 saturated carbocycles. The van der Waals surface area contributed by atoms with Gasteiger partial charge in [-0.05, 0) is 80.7 Å². The van der Waals surface area contributed by atoms with Gasteiger partial charge in [0.05, 0.1) is 0 Å². The molecule has 2 aromatic rings. The molecule has 2 amide bonds. The van der Waals surface area contributed by atoms with Crippen LogP contribution in [0.25, 0.3) is 0 Å². The van der Waals surface area contributed by atoms with Crippen molar-refractivity contribution in [3.8, 4) is 0 Å². The molecule has 0 unspecified atom stereocenters. The predicted octanol–water partition coefficient (Wildman–Crippen LogP) is 3.63. The van der Waals surface area contributed by atoms with Crippen LogP contribution < -0.4 is 10.6 Å². The third-order valence-electron chi connectivity index (χ3n) is 6.14. The van der Waals surface area contributed by atoms with Crippen LogP contribution in [-0.4, -0.2) is 49.4 Å². The van der Waals surface area contributed by atoms with Crippen molar-refractivity contribution in [3.63, 3.8) is 0 Å². The van der Waals surface area contributed by atoms with E-state index in [0.717, 1.165) is 6.54 Å². The lowest BCUT2D eigenvalue weighted by Crippen LogP contribution is -2.34. The Morgan fingerprint density at radius 1 is 0.833 bits per heavy atom. The largest absolute Gasteiger partial charge is 0.350 e. The van der Waals surface area contributed by atoms with Crippen molar-refractivity contribution in [2.75, 3.05) is 32.7 Å². The zero-order valence-corrected chi connectivity index (χ0v) is 17.9. The van der Waals surface area contributed by atoms with Crippen molar-refractivity contribution in [2.45, 2.75) is 31.1 Å². The van der Waals surface area contributed by atoms with Gasteiger partial charge in [-0.15, -0.1) is 0 Å². The number of carbonyl (C=O) groups excluding carboxylic acids is 2. The number of hydrogen-bond donors (Lipinski definition) is 2. The number of rotatable bonds is 8. The number of benzene rings is 2. The van der Waals surface area contributed by atoms with Crippen LogP contribution in [0, 0.1) is 0 Å². The number of halogens is 1. The summed E-state index contributed by atoms with van der Waals surface area (Å²) in [5.41, 5.74) is 2.84. The molecule has 0 spiro atoms. The van der Waals surface area contributed by atoms with Crippen molar-refractivity contribution in [2.24, 2.45) is 0 Å². The summed E-state index contributed by atoms with van der Waals surface area (Å²) in [6, 6.07) is 14.8. The molecule has 158 valence electrons. The van der Waals surface area contributed by atoms with E-state index in [-0.39, 0.29) is 11.8 Å². The molecule has 2 aromatic carbocycles. The van der Waals surface area contributed by atoms with Gasteiger partial charge in [0.2, 0.25) is 0 Å². The number of amides is 2. The third kappa shape index (κ3) is 5.02. The lowest BCUT2D eigenvalue weighted by atomic mass is 9.94. The summed E-state index contributed by atoms with van der Waals surface area (Å²) in [7, 11) is 0. The van der Waals surface area contributed by atoms with Crippen LogP contribution in [0.2, 0.25) is 5.02 Å². The Morgan fingerprint density at radius 3 is 1.83 bits per heavy atom. The van der Waals surface area contributed by atoms with Gasteiger partial charge in [-0.1, -0.05) is 23.7 Å². The molecule has 0 atom stereocenters. The van der Waals surface area contributed by atoms with E-state index in [1.165, 1.54) is 44.3 Å². The maximum atomic E-state index is 12.4. The van der Waals surface area contributed by atoms with Gasteiger partial charge in [-0.2, -0.15) is 0 Å². The zero-order valence-electron chi connectivity index (χ0n) is 17.1. The Hall–Kier alpha value is -2.37. The van der Waals surface area contributed by atoms with Crippen molar-refractivity contribution in [1.82, 2.24) is 15.5 Å². The molecular formula is C24H28ClN3O2. The van der Waals surface area contributed by atoms with Crippen LogP contribution in [0.5, 0.6) is 0 Å². The number of likely N-dealkylation sites (tertiary alicyclic amines) is 1. The van der Waals surface area contributed by atoms with E-state index < -0.39 is 0 Å². The molecule has 1 aliphatic carbocycles. The average molecular weight is 426 g/mol. The Labute approximate surface area is 182 Å². The number of hydrogen-bond acceptors (Lipinski definition) is 3. The van der Waals surface area contributed by atoms with Gasteiger partial charge in [0.15, 0.2) is 0 Å². The van der Waals surface area contributed by atoms with E-state index in [4.69, 9.17) is 11.6 Å². The lowest BCUT2D eigenvalue weighted by Gasteiger charge is -2.23. The number of carbonyl (C=O) groups is 2. The molecule has 1 aliphatic heterocycles. The van der Waals surface area contributed by atoms with Gasteiger partial charge in [0.1, 0.15) is 0 Å². The van der Waals surface area contributed by atoms with E-state index in [1.807, 2.05) is 12.1 Å². The fourth-order valence-electron chi connectivity index (χ4n) is 4.19. The number of nitrogens with zero attached hydrogens (tertiary/aromatic N) is 1. The predicted molar refractivity (Wildman–Crippen MR) is 119 cm³/mol.